The number of nitrogens with zero attached hydrogens (tertiary/aromatic N) is 3. The minimum absolute atomic E-state index is 0.0488. The molecule has 0 bridgehead atoms. The van der Waals surface area contributed by atoms with Crippen molar-refractivity contribution in [3.8, 4) is 0 Å². The van der Waals surface area contributed by atoms with Crippen LogP contribution in [0, 0.1) is 0 Å². The highest BCUT2D eigenvalue weighted by Gasteiger charge is 2.15. The van der Waals surface area contributed by atoms with Crippen molar-refractivity contribution in [2.45, 2.75) is 26.3 Å². The van der Waals surface area contributed by atoms with E-state index in [1.807, 2.05) is 23.9 Å². The van der Waals surface area contributed by atoms with E-state index in [0.717, 1.165) is 16.9 Å². The molecule has 5 heteroatoms. The maximum atomic E-state index is 4.54. The first kappa shape index (κ1) is 13.4. The zero-order valence-electron chi connectivity index (χ0n) is 12.0. The lowest BCUT2D eigenvalue weighted by atomic mass is 10.1. The van der Waals surface area contributed by atoms with Crippen LogP contribution in [0.3, 0.4) is 0 Å². The summed E-state index contributed by atoms with van der Waals surface area (Å²) in [6.45, 7) is 10.7. The molecule has 0 aromatic carbocycles. The number of hydrogen-bond acceptors (Lipinski definition) is 4. The van der Waals surface area contributed by atoms with Gasteiger partial charge in [-0.05, 0) is 26.8 Å². The molecule has 2 aromatic rings. The molecule has 2 N–H and O–H groups in total. The first-order chi connectivity index (χ1) is 8.90. The fourth-order valence-electron chi connectivity index (χ4n) is 1.83. The van der Waals surface area contributed by atoms with Crippen LogP contribution < -0.4 is 10.6 Å². The molecular formula is C14H21N5. The van der Waals surface area contributed by atoms with E-state index in [0.29, 0.717) is 12.5 Å². The van der Waals surface area contributed by atoms with E-state index in [2.05, 4.69) is 48.0 Å². The molecule has 19 heavy (non-hydrogen) atoms. The van der Waals surface area contributed by atoms with Gasteiger partial charge in [-0.25, -0.2) is 0 Å². The highest BCUT2D eigenvalue weighted by Crippen LogP contribution is 2.25. The molecule has 0 spiro atoms. The van der Waals surface area contributed by atoms with Crippen molar-refractivity contribution in [2.24, 2.45) is 7.05 Å². The van der Waals surface area contributed by atoms with Crippen molar-refractivity contribution in [3.63, 3.8) is 0 Å². The molecule has 0 fully saturated rings. The number of aromatic nitrogens is 3. The average Bonchev–Trinajstić information content (AvgIpc) is 2.67. The van der Waals surface area contributed by atoms with E-state index in [4.69, 9.17) is 0 Å². The summed E-state index contributed by atoms with van der Waals surface area (Å²) in [6.07, 6.45) is 3.78. The van der Waals surface area contributed by atoms with Gasteiger partial charge in [0.25, 0.3) is 0 Å². The molecular weight excluding hydrogens is 238 g/mol. The second kappa shape index (κ2) is 4.91. The summed E-state index contributed by atoms with van der Waals surface area (Å²) in [7, 11) is 1.98. The van der Waals surface area contributed by atoms with Crippen molar-refractivity contribution in [3.05, 3.63) is 24.9 Å². The summed E-state index contributed by atoms with van der Waals surface area (Å²) in [4.78, 5) is 9.06. The first-order valence-electron chi connectivity index (χ1n) is 6.37. The van der Waals surface area contributed by atoms with Crippen molar-refractivity contribution < 1.29 is 0 Å². The van der Waals surface area contributed by atoms with Crippen LogP contribution in [-0.4, -0.2) is 26.6 Å². The fourth-order valence-corrected chi connectivity index (χ4v) is 1.83. The number of anilines is 2. The van der Waals surface area contributed by atoms with Crippen LogP contribution in [0.2, 0.25) is 0 Å². The molecule has 0 radical (unpaired) electrons. The van der Waals surface area contributed by atoms with E-state index in [-0.39, 0.29) is 5.54 Å². The van der Waals surface area contributed by atoms with Gasteiger partial charge in [0.1, 0.15) is 11.5 Å². The Morgan fingerprint density at radius 2 is 2.11 bits per heavy atom. The monoisotopic (exact) mass is 259 g/mol. The van der Waals surface area contributed by atoms with Crippen LogP contribution >= 0.6 is 0 Å². The zero-order chi connectivity index (χ0) is 14.0. The third-order valence-corrected chi connectivity index (χ3v) is 2.62. The number of nitrogens with one attached hydrogen (secondary N) is 2. The lowest BCUT2D eigenvalue weighted by Gasteiger charge is -2.22. The van der Waals surface area contributed by atoms with Gasteiger partial charge in [-0.1, -0.05) is 6.08 Å². The van der Waals surface area contributed by atoms with E-state index in [1.54, 1.807) is 6.08 Å². The van der Waals surface area contributed by atoms with Crippen LogP contribution in [0.1, 0.15) is 20.8 Å². The molecule has 0 unspecified atom stereocenters. The van der Waals surface area contributed by atoms with Crippen molar-refractivity contribution >= 4 is 22.8 Å². The Morgan fingerprint density at radius 1 is 1.37 bits per heavy atom. The highest BCUT2D eigenvalue weighted by atomic mass is 15.2. The van der Waals surface area contributed by atoms with E-state index in [9.17, 15) is 0 Å². The topological polar surface area (TPSA) is 54.8 Å². The Hall–Kier alpha value is -2.04. The Bertz CT molecular complexity index is 592. The normalized spacial score (nSPS) is 11.6. The molecule has 0 aliphatic carbocycles. The van der Waals surface area contributed by atoms with Crippen LogP contribution in [-0.2, 0) is 7.05 Å². The van der Waals surface area contributed by atoms with Crippen LogP contribution in [0.5, 0.6) is 0 Å². The summed E-state index contributed by atoms with van der Waals surface area (Å²) in [6, 6.07) is 2.03. The minimum atomic E-state index is -0.0488. The van der Waals surface area contributed by atoms with Gasteiger partial charge >= 0.3 is 0 Å². The molecule has 0 saturated carbocycles. The Morgan fingerprint density at radius 3 is 2.74 bits per heavy atom. The van der Waals surface area contributed by atoms with Crippen molar-refractivity contribution in [2.75, 3.05) is 17.2 Å². The van der Waals surface area contributed by atoms with Gasteiger partial charge in [-0.15, -0.1) is 6.58 Å². The van der Waals surface area contributed by atoms with Gasteiger partial charge < -0.3 is 15.2 Å². The quantitative estimate of drug-likeness (QED) is 0.829. The minimum Gasteiger partial charge on any atom is -0.365 e. The van der Waals surface area contributed by atoms with Gasteiger partial charge in [-0.2, -0.15) is 9.97 Å². The molecule has 2 heterocycles. The Labute approximate surface area is 113 Å². The van der Waals surface area contributed by atoms with Crippen LogP contribution in [0.25, 0.3) is 11.0 Å². The molecule has 0 amide bonds. The van der Waals surface area contributed by atoms with Gasteiger partial charge in [0, 0.05) is 25.3 Å². The summed E-state index contributed by atoms with van der Waals surface area (Å²) < 4.78 is 1.99. The summed E-state index contributed by atoms with van der Waals surface area (Å²) in [5.74, 6) is 1.46. The maximum Gasteiger partial charge on any atom is 0.226 e. The predicted octanol–water partition coefficient (Wildman–Crippen LogP) is 2.78. The van der Waals surface area contributed by atoms with Crippen molar-refractivity contribution in [1.29, 1.82) is 0 Å². The third-order valence-electron chi connectivity index (χ3n) is 2.62. The standard InChI is InChI=1S/C14H21N5/c1-6-8-15-13-16-11(18-14(2,3)4)10-7-9-19(5)12(10)17-13/h6-7,9H,1,8H2,2-5H3,(H2,15,16,17,18). The second-order valence-corrected chi connectivity index (χ2v) is 5.60. The second-order valence-electron chi connectivity index (χ2n) is 5.60. The smallest absolute Gasteiger partial charge is 0.226 e. The average molecular weight is 259 g/mol. The first-order valence-corrected chi connectivity index (χ1v) is 6.37. The van der Waals surface area contributed by atoms with E-state index < -0.39 is 0 Å². The van der Waals surface area contributed by atoms with E-state index in [1.165, 1.54) is 0 Å². The molecule has 0 atom stereocenters. The number of rotatable bonds is 4. The lowest BCUT2D eigenvalue weighted by Crippen LogP contribution is -2.27. The van der Waals surface area contributed by atoms with E-state index >= 15 is 0 Å². The molecule has 0 saturated heterocycles. The molecule has 0 aliphatic rings. The molecule has 102 valence electrons. The Kier molecular flexibility index (Phi) is 3.46. The fraction of sp³-hybridized carbons (Fsp3) is 0.429. The number of aryl methyl sites for hydroxylation is 1. The maximum absolute atomic E-state index is 4.54. The molecule has 5 nitrogen and oxygen atoms in total. The van der Waals surface area contributed by atoms with Gasteiger partial charge in [0.2, 0.25) is 5.95 Å². The largest absolute Gasteiger partial charge is 0.365 e. The summed E-state index contributed by atoms with van der Waals surface area (Å²) >= 11 is 0. The summed E-state index contributed by atoms with van der Waals surface area (Å²) in [5.41, 5.74) is 0.862. The van der Waals surface area contributed by atoms with Crippen LogP contribution in [0.15, 0.2) is 24.9 Å². The molecule has 2 rings (SSSR count). The summed E-state index contributed by atoms with van der Waals surface area (Å²) in [5, 5.41) is 7.59. The predicted molar refractivity (Wildman–Crippen MR) is 80.6 cm³/mol. The molecule has 2 aromatic heterocycles. The number of hydrogen-bond donors (Lipinski definition) is 2. The number of fused-ring (bicyclic) bond motifs is 1. The van der Waals surface area contributed by atoms with Crippen molar-refractivity contribution in [1.82, 2.24) is 14.5 Å². The zero-order valence-corrected chi connectivity index (χ0v) is 12.0. The Balaban J connectivity index is 2.49. The molecule has 0 aliphatic heterocycles. The van der Waals surface area contributed by atoms with Gasteiger partial charge in [0.15, 0.2) is 0 Å². The highest BCUT2D eigenvalue weighted by molar-refractivity contribution is 5.88. The third kappa shape index (κ3) is 3.05. The van der Waals surface area contributed by atoms with Crippen LogP contribution in [0.4, 0.5) is 11.8 Å². The SMILES string of the molecule is C=CCNc1nc(NC(C)(C)C)c2ccn(C)c2n1. The van der Waals surface area contributed by atoms with Gasteiger partial charge in [0.05, 0.1) is 5.39 Å². The lowest BCUT2D eigenvalue weighted by molar-refractivity contribution is 0.631. The van der Waals surface area contributed by atoms with Gasteiger partial charge in [-0.3, -0.25) is 0 Å².